The molecular weight excluding hydrogens is 414 g/mol. The van der Waals surface area contributed by atoms with Crippen molar-refractivity contribution >= 4 is 21.6 Å². The molecule has 1 heterocycles. The third kappa shape index (κ3) is 5.21. The van der Waals surface area contributed by atoms with E-state index in [-0.39, 0.29) is 28.0 Å². The van der Waals surface area contributed by atoms with Crippen LogP contribution in [0.3, 0.4) is 0 Å². The number of sulfonamides is 1. The summed E-state index contributed by atoms with van der Waals surface area (Å²) in [5, 5.41) is 4.19. The van der Waals surface area contributed by atoms with Crippen LogP contribution >= 0.6 is 0 Å². The number of aryl methyl sites for hydroxylation is 3. The predicted octanol–water partition coefficient (Wildman–Crippen LogP) is 3.64. The molecule has 7 nitrogen and oxygen atoms in total. The van der Waals surface area contributed by atoms with Crippen molar-refractivity contribution in [3.8, 4) is 0 Å². The Hall–Kier alpha value is -3.39. The SMILES string of the molecule is Cc1ccc(S(=O)(=O)N/N=C(\c2cc(C)cc(C)c2)c2ccc(C(=O)N(C)C)o2)cc1. The number of nitrogens with one attached hydrogen (secondary N) is 1. The zero-order valence-corrected chi connectivity index (χ0v) is 18.9. The van der Waals surface area contributed by atoms with E-state index < -0.39 is 10.0 Å². The molecule has 162 valence electrons. The number of hydrogen-bond donors (Lipinski definition) is 1. The largest absolute Gasteiger partial charge is 0.449 e. The van der Waals surface area contributed by atoms with E-state index in [9.17, 15) is 13.2 Å². The van der Waals surface area contributed by atoms with Gasteiger partial charge in [0.05, 0.1) is 4.90 Å². The maximum atomic E-state index is 12.7. The number of hydrazone groups is 1. The number of carbonyl (C=O) groups excluding carboxylic acids is 1. The molecule has 0 aliphatic heterocycles. The van der Waals surface area contributed by atoms with Crippen LogP contribution in [0.4, 0.5) is 0 Å². The number of carbonyl (C=O) groups is 1. The van der Waals surface area contributed by atoms with Crippen LogP contribution in [-0.2, 0) is 10.0 Å². The summed E-state index contributed by atoms with van der Waals surface area (Å²) in [6.07, 6.45) is 0. The van der Waals surface area contributed by atoms with Gasteiger partial charge in [0.25, 0.3) is 15.9 Å². The molecule has 0 unspecified atom stereocenters. The minimum absolute atomic E-state index is 0.101. The van der Waals surface area contributed by atoms with Gasteiger partial charge in [-0.2, -0.15) is 18.4 Å². The lowest BCUT2D eigenvalue weighted by molar-refractivity contribution is 0.0796. The van der Waals surface area contributed by atoms with Gasteiger partial charge in [-0.05, 0) is 57.2 Å². The van der Waals surface area contributed by atoms with E-state index in [2.05, 4.69) is 9.93 Å². The molecule has 2 aromatic carbocycles. The second-order valence-corrected chi connectivity index (χ2v) is 9.27. The van der Waals surface area contributed by atoms with E-state index in [1.807, 2.05) is 39.0 Å². The highest BCUT2D eigenvalue weighted by atomic mass is 32.2. The standard InChI is InChI=1S/C23H25N3O4S/c1-15-6-8-19(9-7-15)31(28,29)25-24-22(18-13-16(2)12-17(3)14-18)20-10-11-21(30-20)23(27)26(4)5/h6-14,25H,1-5H3/b24-22+. The maximum Gasteiger partial charge on any atom is 0.289 e. The van der Waals surface area contributed by atoms with E-state index in [1.165, 1.54) is 17.0 Å². The van der Waals surface area contributed by atoms with E-state index >= 15 is 0 Å². The summed E-state index contributed by atoms with van der Waals surface area (Å²) in [6.45, 7) is 5.76. The van der Waals surface area contributed by atoms with Crippen LogP contribution in [0.1, 0.15) is 38.6 Å². The molecule has 1 aromatic heterocycles. The van der Waals surface area contributed by atoms with E-state index in [0.717, 1.165) is 16.7 Å². The first-order chi connectivity index (χ1) is 14.6. The van der Waals surface area contributed by atoms with Gasteiger partial charge in [0.2, 0.25) is 0 Å². The van der Waals surface area contributed by atoms with Crippen LogP contribution in [0.15, 0.2) is 69.0 Å². The summed E-state index contributed by atoms with van der Waals surface area (Å²) >= 11 is 0. The molecule has 0 fully saturated rings. The first kappa shape index (κ1) is 22.3. The second-order valence-electron chi connectivity index (χ2n) is 7.61. The zero-order valence-electron chi connectivity index (χ0n) is 18.1. The molecule has 1 amide bonds. The first-order valence-corrected chi connectivity index (χ1v) is 11.1. The fraction of sp³-hybridized carbons (Fsp3) is 0.217. The number of amides is 1. The average Bonchev–Trinajstić information content (AvgIpc) is 3.16. The van der Waals surface area contributed by atoms with E-state index in [0.29, 0.717) is 5.56 Å². The van der Waals surface area contributed by atoms with Gasteiger partial charge in [0.15, 0.2) is 11.5 Å². The lowest BCUT2D eigenvalue weighted by Gasteiger charge is -2.10. The second kappa shape index (κ2) is 8.77. The number of furan rings is 1. The number of nitrogens with zero attached hydrogens (tertiary/aromatic N) is 2. The van der Waals surface area contributed by atoms with Gasteiger partial charge in [-0.25, -0.2) is 0 Å². The molecule has 0 spiro atoms. The van der Waals surface area contributed by atoms with Crippen LogP contribution < -0.4 is 4.83 Å². The minimum atomic E-state index is -3.89. The number of rotatable bonds is 6. The third-order valence-corrected chi connectivity index (χ3v) is 5.78. The zero-order chi connectivity index (χ0) is 22.8. The summed E-state index contributed by atoms with van der Waals surface area (Å²) in [5.41, 5.74) is 3.87. The van der Waals surface area contributed by atoms with Crippen LogP contribution in [0, 0.1) is 20.8 Å². The molecule has 0 bridgehead atoms. The highest BCUT2D eigenvalue weighted by Gasteiger charge is 2.20. The van der Waals surface area contributed by atoms with Crippen LogP contribution in [0.5, 0.6) is 0 Å². The van der Waals surface area contributed by atoms with Crippen molar-refractivity contribution in [2.45, 2.75) is 25.7 Å². The van der Waals surface area contributed by atoms with Crippen LogP contribution in [-0.4, -0.2) is 39.0 Å². The summed E-state index contributed by atoms with van der Waals surface area (Å²) in [4.78, 5) is 16.0. The summed E-state index contributed by atoms with van der Waals surface area (Å²) in [7, 11) is -0.637. The van der Waals surface area contributed by atoms with Gasteiger partial charge in [0, 0.05) is 19.7 Å². The smallest absolute Gasteiger partial charge is 0.289 e. The van der Waals surface area contributed by atoms with Crippen molar-refractivity contribution in [1.29, 1.82) is 0 Å². The molecule has 0 radical (unpaired) electrons. The number of benzene rings is 2. The number of hydrogen-bond acceptors (Lipinski definition) is 5. The third-order valence-electron chi connectivity index (χ3n) is 4.56. The molecule has 1 N–H and O–H groups in total. The maximum absolute atomic E-state index is 12.7. The normalized spacial score (nSPS) is 12.0. The molecule has 0 atom stereocenters. The van der Waals surface area contributed by atoms with Crippen molar-refractivity contribution in [2.75, 3.05) is 14.1 Å². The Morgan fingerprint density at radius 3 is 2.03 bits per heavy atom. The Morgan fingerprint density at radius 2 is 1.45 bits per heavy atom. The Balaban J connectivity index is 2.06. The molecule has 3 rings (SSSR count). The molecule has 0 saturated heterocycles. The van der Waals surface area contributed by atoms with Crippen molar-refractivity contribution in [2.24, 2.45) is 5.10 Å². The Labute approximate surface area is 182 Å². The van der Waals surface area contributed by atoms with Gasteiger partial charge >= 0.3 is 0 Å². The van der Waals surface area contributed by atoms with Gasteiger partial charge in [-0.3, -0.25) is 4.79 Å². The molecule has 31 heavy (non-hydrogen) atoms. The van der Waals surface area contributed by atoms with Crippen molar-refractivity contribution in [3.05, 3.63) is 88.4 Å². The monoisotopic (exact) mass is 439 g/mol. The highest BCUT2D eigenvalue weighted by Crippen LogP contribution is 2.19. The lowest BCUT2D eigenvalue weighted by Crippen LogP contribution is -2.21. The van der Waals surface area contributed by atoms with Gasteiger partial charge in [-0.15, -0.1) is 0 Å². The Kier molecular flexibility index (Phi) is 6.31. The lowest BCUT2D eigenvalue weighted by atomic mass is 10.0. The van der Waals surface area contributed by atoms with E-state index in [1.54, 1.807) is 38.4 Å². The van der Waals surface area contributed by atoms with Crippen LogP contribution in [0.2, 0.25) is 0 Å². The fourth-order valence-electron chi connectivity index (χ4n) is 3.05. The van der Waals surface area contributed by atoms with Gasteiger partial charge < -0.3 is 9.32 Å². The topological polar surface area (TPSA) is 92.0 Å². The molecular formula is C23H25N3O4S. The van der Waals surface area contributed by atoms with E-state index in [4.69, 9.17) is 4.42 Å². The quantitative estimate of drug-likeness (QED) is 0.469. The molecule has 3 aromatic rings. The first-order valence-electron chi connectivity index (χ1n) is 9.63. The van der Waals surface area contributed by atoms with Gasteiger partial charge in [-0.1, -0.05) is 34.9 Å². The van der Waals surface area contributed by atoms with Crippen molar-refractivity contribution in [1.82, 2.24) is 9.73 Å². The van der Waals surface area contributed by atoms with Gasteiger partial charge in [0.1, 0.15) is 5.71 Å². The summed E-state index contributed by atoms with van der Waals surface area (Å²) in [6, 6.07) is 15.4. The fourth-order valence-corrected chi connectivity index (χ4v) is 3.86. The van der Waals surface area contributed by atoms with Crippen LogP contribution in [0.25, 0.3) is 0 Å². The molecule has 8 heteroatoms. The Bertz CT molecular complexity index is 1220. The minimum Gasteiger partial charge on any atom is -0.449 e. The Morgan fingerprint density at radius 1 is 0.871 bits per heavy atom. The van der Waals surface area contributed by atoms with Crippen molar-refractivity contribution < 1.29 is 17.6 Å². The molecule has 0 aliphatic rings. The van der Waals surface area contributed by atoms with Crippen molar-refractivity contribution in [3.63, 3.8) is 0 Å². The summed E-state index contributed by atoms with van der Waals surface area (Å²) < 4.78 is 31.2. The predicted molar refractivity (Wildman–Crippen MR) is 120 cm³/mol. The summed E-state index contributed by atoms with van der Waals surface area (Å²) in [5.74, 6) is 0.117. The average molecular weight is 440 g/mol. The molecule has 0 aliphatic carbocycles. The molecule has 0 saturated carbocycles. The highest BCUT2D eigenvalue weighted by molar-refractivity contribution is 7.89.